The van der Waals surface area contributed by atoms with Crippen molar-refractivity contribution in [2.24, 2.45) is 0 Å². The summed E-state index contributed by atoms with van der Waals surface area (Å²) in [6, 6.07) is 23.1. The van der Waals surface area contributed by atoms with Gasteiger partial charge in [0.1, 0.15) is 17.1 Å². The zero-order valence-corrected chi connectivity index (χ0v) is 15.0. The van der Waals surface area contributed by atoms with Crippen LogP contribution in [0.1, 0.15) is 11.7 Å². The van der Waals surface area contributed by atoms with E-state index in [0.717, 1.165) is 27.9 Å². The highest BCUT2D eigenvalue weighted by Crippen LogP contribution is 2.28. The molecule has 0 aliphatic heterocycles. The summed E-state index contributed by atoms with van der Waals surface area (Å²) in [6.07, 6.45) is 1.14. The highest BCUT2D eigenvalue weighted by molar-refractivity contribution is 5.82. The molecule has 5 aromatic rings. The first-order valence-electron chi connectivity index (χ1n) is 9.08. The molecule has 2 aromatic carbocycles. The normalized spacial score (nSPS) is 12.5. The van der Waals surface area contributed by atoms with Gasteiger partial charge in [0.25, 0.3) is 0 Å². The molecular formula is C22H18N4O2. The van der Waals surface area contributed by atoms with Gasteiger partial charge in [-0.1, -0.05) is 48.5 Å². The van der Waals surface area contributed by atoms with Gasteiger partial charge in [0.2, 0.25) is 0 Å². The van der Waals surface area contributed by atoms with E-state index in [4.69, 9.17) is 4.42 Å². The molecule has 1 atom stereocenters. The summed E-state index contributed by atoms with van der Waals surface area (Å²) < 4.78 is 7.70. The number of aliphatic hydroxyl groups is 1. The summed E-state index contributed by atoms with van der Waals surface area (Å²) in [5.74, 6) is 1.36. The Morgan fingerprint density at radius 1 is 1.00 bits per heavy atom. The number of imidazole rings is 1. The molecule has 0 saturated carbocycles. The van der Waals surface area contributed by atoms with Crippen molar-refractivity contribution in [3.05, 3.63) is 84.6 Å². The fourth-order valence-electron chi connectivity index (χ4n) is 3.24. The van der Waals surface area contributed by atoms with Gasteiger partial charge < -0.3 is 14.8 Å². The fraction of sp³-hybridized carbons (Fsp3) is 0.0909. The summed E-state index contributed by atoms with van der Waals surface area (Å²) in [4.78, 5) is 4.41. The molecule has 0 fully saturated rings. The van der Waals surface area contributed by atoms with Crippen molar-refractivity contribution in [3.8, 4) is 11.5 Å². The summed E-state index contributed by atoms with van der Waals surface area (Å²) in [6.45, 7) is 0.358. The number of aromatic nitrogens is 3. The van der Waals surface area contributed by atoms with Crippen molar-refractivity contribution in [1.82, 2.24) is 14.6 Å². The predicted molar refractivity (Wildman–Crippen MR) is 108 cm³/mol. The van der Waals surface area contributed by atoms with Gasteiger partial charge in [-0.05, 0) is 29.8 Å². The number of benzene rings is 2. The molecule has 0 radical (unpaired) electrons. The van der Waals surface area contributed by atoms with Gasteiger partial charge >= 0.3 is 0 Å². The Hall–Kier alpha value is -3.64. The van der Waals surface area contributed by atoms with E-state index >= 15 is 0 Å². The van der Waals surface area contributed by atoms with E-state index in [-0.39, 0.29) is 0 Å². The Morgan fingerprint density at radius 2 is 1.82 bits per heavy atom. The molecule has 0 unspecified atom stereocenters. The lowest BCUT2D eigenvalue weighted by Gasteiger charge is -2.12. The van der Waals surface area contributed by atoms with Crippen LogP contribution in [0.2, 0.25) is 0 Å². The third-order valence-electron chi connectivity index (χ3n) is 4.70. The lowest BCUT2D eigenvalue weighted by atomic mass is 10.1. The fourth-order valence-corrected chi connectivity index (χ4v) is 3.24. The number of fused-ring (bicyclic) bond motifs is 2. The molecule has 0 aliphatic rings. The molecule has 0 aliphatic carbocycles. The maximum absolute atomic E-state index is 10.3. The number of aliphatic hydroxyl groups excluding tert-OH is 1. The van der Waals surface area contributed by atoms with Gasteiger partial charge in [-0.15, -0.1) is 5.10 Å². The number of hydrogen-bond donors (Lipinski definition) is 2. The van der Waals surface area contributed by atoms with Crippen molar-refractivity contribution in [1.29, 1.82) is 0 Å². The van der Waals surface area contributed by atoms with Crippen LogP contribution in [0.15, 0.2) is 83.4 Å². The van der Waals surface area contributed by atoms with Crippen LogP contribution in [0.4, 0.5) is 5.82 Å². The van der Waals surface area contributed by atoms with Gasteiger partial charge in [-0.3, -0.25) is 0 Å². The summed E-state index contributed by atoms with van der Waals surface area (Å²) in [7, 11) is 0. The monoisotopic (exact) mass is 370 g/mol. The first-order valence-corrected chi connectivity index (χ1v) is 9.08. The maximum atomic E-state index is 10.3. The second-order valence-electron chi connectivity index (χ2n) is 6.59. The third kappa shape index (κ3) is 3.00. The largest absolute Gasteiger partial charge is 0.454 e. The average molecular weight is 370 g/mol. The van der Waals surface area contributed by atoms with Crippen LogP contribution in [0.3, 0.4) is 0 Å². The van der Waals surface area contributed by atoms with Crippen LogP contribution in [-0.2, 0) is 0 Å². The van der Waals surface area contributed by atoms with Crippen LogP contribution in [-0.4, -0.2) is 26.2 Å². The highest BCUT2D eigenvalue weighted by atomic mass is 16.3. The molecule has 5 rings (SSSR count). The van der Waals surface area contributed by atoms with Gasteiger partial charge in [0, 0.05) is 11.9 Å². The molecule has 2 N–H and O–H groups in total. The van der Waals surface area contributed by atoms with E-state index < -0.39 is 6.10 Å². The molecule has 138 valence electrons. The molecule has 3 heterocycles. The molecule has 28 heavy (non-hydrogen) atoms. The average Bonchev–Trinajstić information content (AvgIpc) is 3.36. The minimum absolute atomic E-state index is 0.358. The van der Waals surface area contributed by atoms with Crippen LogP contribution < -0.4 is 5.32 Å². The Bertz CT molecular complexity index is 1210. The van der Waals surface area contributed by atoms with Gasteiger partial charge in [0.15, 0.2) is 11.4 Å². The van der Waals surface area contributed by atoms with Crippen molar-refractivity contribution in [2.75, 3.05) is 11.9 Å². The zero-order valence-electron chi connectivity index (χ0n) is 15.0. The third-order valence-corrected chi connectivity index (χ3v) is 4.70. The summed E-state index contributed by atoms with van der Waals surface area (Å²) in [5.41, 5.74) is 3.19. The molecule has 0 spiro atoms. The number of furan rings is 1. The zero-order chi connectivity index (χ0) is 18.9. The minimum Gasteiger partial charge on any atom is -0.454 e. The lowest BCUT2D eigenvalue weighted by Crippen LogP contribution is -2.13. The number of para-hydroxylation sites is 1. The van der Waals surface area contributed by atoms with Crippen LogP contribution in [0, 0.1) is 0 Å². The molecule has 6 nitrogen and oxygen atoms in total. The summed E-state index contributed by atoms with van der Waals surface area (Å²) >= 11 is 0. The van der Waals surface area contributed by atoms with E-state index in [0.29, 0.717) is 18.1 Å². The van der Waals surface area contributed by atoms with E-state index in [1.165, 1.54) is 0 Å². The van der Waals surface area contributed by atoms with E-state index in [9.17, 15) is 5.11 Å². The van der Waals surface area contributed by atoms with Gasteiger partial charge in [-0.25, -0.2) is 9.50 Å². The van der Waals surface area contributed by atoms with E-state index in [1.807, 2.05) is 72.8 Å². The molecule has 0 saturated heterocycles. The van der Waals surface area contributed by atoms with Crippen LogP contribution in [0.25, 0.3) is 28.1 Å². The molecule has 0 bridgehead atoms. The van der Waals surface area contributed by atoms with Gasteiger partial charge in [0.05, 0.1) is 12.3 Å². The number of nitrogens with one attached hydrogen (secondary N) is 1. The van der Waals surface area contributed by atoms with E-state index in [2.05, 4.69) is 15.4 Å². The molecule has 6 heteroatoms. The Morgan fingerprint density at radius 3 is 2.68 bits per heavy atom. The lowest BCUT2D eigenvalue weighted by molar-refractivity contribution is 0.191. The second kappa shape index (κ2) is 6.83. The topological polar surface area (TPSA) is 75.6 Å². The Labute approximate surface area is 161 Å². The smallest absolute Gasteiger partial charge is 0.155 e. The van der Waals surface area contributed by atoms with E-state index in [1.54, 1.807) is 10.7 Å². The SMILES string of the molecule is O[C@H](CNc1ccc2ncc(-c3cc4ccccc4o3)n2n1)c1ccccc1. The second-order valence-corrected chi connectivity index (χ2v) is 6.59. The number of hydrogen-bond acceptors (Lipinski definition) is 5. The quantitative estimate of drug-likeness (QED) is 0.483. The molecule has 0 amide bonds. The number of anilines is 1. The highest BCUT2D eigenvalue weighted by Gasteiger charge is 2.13. The van der Waals surface area contributed by atoms with Crippen molar-refractivity contribution in [3.63, 3.8) is 0 Å². The molecular weight excluding hydrogens is 352 g/mol. The molecule has 3 aromatic heterocycles. The predicted octanol–water partition coefficient (Wildman–Crippen LogP) is 4.29. The van der Waals surface area contributed by atoms with Crippen LogP contribution >= 0.6 is 0 Å². The first-order chi connectivity index (χ1) is 13.8. The van der Waals surface area contributed by atoms with Crippen molar-refractivity contribution < 1.29 is 9.52 Å². The van der Waals surface area contributed by atoms with Gasteiger partial charge in [-0.2, -0.15) is 0 Å². The standard InChI is InChI=1S/C22H18N4O2/c27-18(15-6-2-1-3-7-15)14-23-21-10-11-22-24-13-17(26(22)25-21)20-12-16-8-4-5-9-19(16)28-20/h1-13,18,27H,14H2,(H,23,25)/t18-/m1/s1. The van der Waals surface area contributed by atoms with Crippen molar-refractivity contribution >= 4 is 22.4 Å². The first kappa shape index (κ1) is 16.5. The number of rotatable bonds is 5. The summed E-state index contributed by atoms with van der Waals surface area (Å²) in [5, 5.41) is 19.2. The maximum Gasteiger partial charge on any atom is 0.155 e. The van der Waals surface area contributed by atoms with Crippen molar-refractivity contribution in [2.45, 2.75) is 6.10 Å². The minimum atomic E-state index is -0.615. The van der Waals surface area contributed by atoms with Crippen LogP contribution in [0.5, 0.6) is 0 Å². The number of nitrogens with zero attached hydrogens (tertiary/aromatic N) is 3. The Kier molecular flexibility index (Phi) is 4.03. The Balaban J connectivity index is 1.43.